The van der Waals surface area contributed by atoms with Crippen molar-refractivity contribution in [1.29, 1.82) is 0 Å². The summed E-state index contributed by atoms with van der Waals surface area (Å²) in [4.78, 5) is 0. The third kappa shape index (κ3) is 1.93. The van der Waals surface area contributed by atoms with E-state index in [-0.39, 0.29) is 12.6 Å². The highest BCUT2D eigenvalue weighted by Gasteiger charge is 2.27. The summed E-state index contributed by atoms with van der Waals surface area (Å²) >= 11 is 0. The normalized spacial score (nSPS) is 23.9. The molecule has 0 heterocycles. The summed E-state index contributed by atoms with van der Waals surface area (Å²) in [5, 5.41) is 12.7. The fraction of sp³-hybridized carbons (Fsp3) is 0.538. The highest BCUT2D eigenvalue weighted by Crippen LogP contribution is 2.35. The summed E-state index contributed by atoms with van der Waals surface area (Å²) in [7, 11) is 3.64. The van der Waals surface area contributed by atoms with Gasteiger partial charge in [-0.05, 0) is 43.1 Å². The molecule has 0 spiro atoms. The van der Waals surface area contributed by atoms with E-state index in [0.29, 0.717) is 5.92 Å². The van der Waals surface area contributed by atoms with Gasteiger partial charge in [0.05, 0.1) is 7.11 Å². The fourth-order valence-electron chi connectivity index (χ4n) is 2.58. The zero-order valence-corrected chi connectivity index (χ0v) is 9.86. The zero-order valence-electron chi connectivity index (χ0n) is 9.86. The van der Waals surface area contributed by atoms with Gasteiger partial charge in [0, 0.05) is 18.6 Å². The van der Waals surface area contributed by atoms with Gasteiger partial charge in [-0.1, -0.05) is 6.07 Å². The molecular weight excluding hydrogens is 202 g/mol. The van der Waals surface area contributed by atoms with Crippen molar-refractivity contribution in [2.75, 3.05) is 20.8 Å². The second-order valence-electron chi connectivity index (χ2n) is 4.31. The fourth-order valence-corrected chi connectivity index (χ4v) is 2.58. The summed E-state index contributed by atoms with van der Waals surface area (Å²) in [5.74, 6) is 1.24. The smallest absolute Gasteiger partial charge is 0.119 e. The number of methoxy groups -OCH3 is 1. The maximum Gasteiger partial charge on any atom is 0.119 e. The number of benzene rings is 1. The molecule has 2 atom stereocenters. The van der Waals surface area contributed by atoms with Crippen molar-refractivity contribution in [3.63, 3.8) is 0 Å². The number of fused-ring (bicyclic) bond motifs is 1. The van der Waals surface area contributed by atoms with Crippen LogP contribution in [-0.2, 0) is 6.42 Å². The summed E-state index contributed by atoms with van der Waals surface area (Å²) in [6.07, 6.45) is 2.05. The first-order chi connectivity index (χ1) is 7.80. The van der Waals surface area contributed by atoms with Gasteiger partial charge in [-0.15, -0.1) is 0 Å². The van der Waals surface area contributed by atoms with Crippen molar-refractivity contribution in [3.05, 3.63) is 29.3 Å². The lowest BCUT2D eigenvalue weighted by Gasteiger charge is -2.32. The summed E-state index contributed by atoms with van der Waals surface area (Å²) in [5.41, 5.74) is 2.64. The van der Waals surface area contributed by atoms with Gasteiger partial charge >= 0.3 is 0 Å². The van der Waals surface area contributed by atoms with Crippen LogP contribution in [0.25, 0.3) is 0 Å². The quantitative estimate of drug-likeness (QED) is 0.813. The Hall–Kier alpha value is -1.06. The van der Waals surface area contributed by atoms with Crippen LogP contribution < -0.4 is 10.1 Å². The Morgan fingerprint density at radius 2 is 2.31 bits per heavy atom. The predicted octanol–water partition coefficient (Wildman–Crippen LogP) is 1.51. The third-order valence-electron chi connectivity index (χ3n) is 3.49. The maximum atomic E-state index is 9.35. The van der Waals surface area contributed by atoms with Gasteiger partial charge in [-0.2, -0.15) is 0 Å². The van der Waals surface area contributed by atoms with Crippen molar-refractivity contribution in [2.24, 2.45) is 5.92 Å². The van der Waals surface area contributed by atoms with Crippen molar-refractivity contribution in [1.82, 2.24) is 5.32 Å². The number of aryl methyl sites for hydroxylation is 1. The number of ether oxygens (including phenoxy) is 1. The maximum absolute atomic E-state index is 9.35. The first-order valence-corrected chi connectivity index (χ1v) is 5.75. The minimum absolute atomic E-state index is 0.247. The summed E-state index contributed by atoms with van der Waals surface area (Å²) in [6, 6.07) is 6.47. The van der Waals surface area contributed by atoms with Gasteiger partial charge in [0.2, 0.25) is 0 Å². The molecule has 1 aliphatic carbocycles. The van der Waals surface area contributed by atoms with Crippen LogP contribution >= 0.6 is 0 Å². The van der Waals surface area contributed by atoms with E-state index in [1.807, 2.05) is 13.1 Å². The van der Waals surface area contributed by atoms with Crippen LogP contribution in [0.1, 0.15) is 23.6 Å². The van der Waals surface area contributed by atoms with Crippen LogP contribution in [0, 0.1) is 5.92 Å². The van der Waals surface area contributed by atoms with Crippen LogP contribution in [0.2, 0.25) is 0 Å². The van der Waals surface area contributed by atoms with E-state index in [9.17, 15) is 5.11 Å². The van der Waals surface area contributed by atoms with Crippen molar-refractivity contribution < 1.29 is 9.84 Å². The van der Waals surface area contributed by atoms with Gasteiger partial charge in [-0.25, -0.2) is 0 Å². The monoisotopic (exact) mass is 221 g/mol. The molecule has 0 saturated heterocycles. The van der Waals surface area contributed by atoms with Gasteiger partial charge in [0.25, 0.3) is 0 Å². The predicted molar refractivity (Wildman–Crippen MR) is 63.7 cm³/mol. The molecule has 16 heavy (non-hydrogen) atoms. The Morgan fingerprint density at radius 1 is 1.50 bits per heavy atom. The molecule has 2 unspecified atom stereocenters. The van der Waals surface area contributed by atoms with E-state index >= 15 is 0 Å². The molecule has 0 bridgehead atoms. The zero-order chi connectivity index (χ0) is 11.5. The molecule has 3 nitrogen and oxygen atoms in total. The Kier molecular flexibility index (Phi) is 3.46. The van der Waals surface area contributed by atoms with Gasteiger partial charge in [0.1, 0.15) is 5.75 Å². The molecule has 88 valence electrons. The Bertz CT molecular complexity index is 365. The molecule has 0 amide bonds. The minimum Gasteiger partial charge on any atom is -0.497 e. The molecule has 1 aromatic carbocycles. The lowest BCUT2D eigenvalue weighted by molar-refractivity contribution is 0.178. The first kappa shape index (κ1) is 11.4. The Balaban J connectivity index is 2.34. The number of rotatable bonds is 3. The topological polar surface area (TPSA) is 41.5 Å². The van der Waals surface area contributed by atoms with Crippen LogP contribution in [0.15, 0.2) is 18.2 Å². The minimum atomic E-state index is 0.247. The average Bonchev–Trinajstić information content (AvgIpc) is 2.36. The number of aliphatic hydroxyl groups excluding tert-OH is 1. The lowest BCUT2D eigenvalue weighted by Crippen LogP contribution is -2.32. The van der Waals surface area contributed by atoms with E-state index in [1.54, 1.807) is 7.11 Å². The van der Waals surface area contributed by atoms with Crippen molar-refractivity contribution in [2.45, 2.75) is 18.9 Å². The molecule has 0 fully saturated rings. The molecular formula is C13H19NO2. The first-order valence-electron chi connectivity index (χ1n) is 5.75. The van der Waals surface area contributed by atoms with E-state index in [0.717, 1.165) is 18.6 Å². The van der Waals surface area contributed by atoms with Crippen molar-refractivity contribution in [3.8, 4) is 5.75 Å². The van der Waals surface area contributed by atoms with E-state index in [2.05, 4.69) is 17.4 Å². The lowest BCUT2D eigenvalue weighted by atomic mass is 9.80. The summed E-state index contributed by atoms with van der Waals surface area (Å²) < 4.78 is 5.23. The highest BCUT2D eigenvalue weighted by molar-refractivity contribution is 5.39. The van der Waals surface area contributed by atoms with Crippen LogP contribution in [-0.4, -0.2) is 25.9 Å². The molecule has 0 radical (unpaired) electrons. The standard InChI is InChI=1S/C13H19NO2/c1-14-13-10(8-15)4-3-9-7-11(16-2)5-6-12(9)13/h5-7,10,13-15H,3-4,8H2,1-2H3. The number of aliphatic hydroxyl groups is 1. The van der Waals surface area contributed by atoms with Crippen LogP contribution in [0.4, 0.5) is 0 Å². The average molecular weight is 221 g/mol. The molecule has 0 saturated carbocycles. The van der Waals surface area contributed by atoms with Crippen LogP contribution in [0.5, 0.6) is 5.75 Å². The van der Waals surface area contributed by atoms with Crippen LogP contribution in [0.3, 0.4) is 0 Å². The molecule has 1 aliphatic rings. The molecule has 2 rings (SSSR count). The summed E-state index contributed by atoms with van der Waals surface area (Å²) in [6.45, 7) is 0.247. The van der Waals surface area contributed by atoms with E-state index < -0.39 is 0 Å². The third-order valence-corrected chi connectivity index (χ3v) is 3.49. The highest BCUT2D eigenvalue weighted by atomic mass is 16.5. The molecule has 0 aliphatic heterocycles. The largest absolute Gasteiger partial charge is 0.497 e. The number of hydrogen-bond donors (Lipinski definition) is 2. The van der Waals surface area contributed by atoms with Crippen molar-refractivity contribution >= 4 is 0 Å². The molecule has 1 aromatic rings. The Labute approximate surface area is 96.4 Å². The number of nitrogens with one attached hydrogen (secondary N) is 1. The molecule has 2 N–H and O–H groups in total. The van der Waals surface area contributed by atoms with Gasteiger partial charge < -0.3 is 15.2 Å². The van der Waals surface area contributed by atoms with E-state index in [4.69, 9.17) is 4.74 Å². The van der Waals surface area contributed by atoms with Gasteiger partial charge in [0.15, 0.2) is 0 Å². The Morgan fingerprint density at radius 3 is 2.94 bits per heavy atom. The second kappa shape index (κ2) is 4.85. The molecule has 3 heteroatoms. The molecule has 0 aromatic heterocycles. The number of hydrogen-bond acceptors (Lipinski definition) is 3. The second-order valence-corrected chi connectivity index (χ2v) is 4.31. The van der Waals surface area contributed by atoms with Gasteiger partial charge in [-0.3, -0.25) is 0 Å². The van der Waals surface area contributed by atoms with E-state index in [1.165, 1.54) is 11.1 Å². The SMILES string of the molecule is CNC1c2ccc(OC)cc2CCC1CO.